The minimum atomic E-state index is -0.951. The fourth-order valence-electron chi connectivity index (χ4n) is 3.76. The Labute approximate surface area is 178 Å². The lowest BCUT2D eigenvalue weighted by molar-refractivity contribution is -0.163. The van der Waals surface area contributed by atoms with E-state index in [1.54, 1.807) is 14.0 Å². The third kappa shape index (κ3) is 4.30. The molecule has 156 valence electrons. The van der Waals surface area contributed by atoms with Crippen LogP contribution in [0, 0.1) is 5.41 Å². The van der Waals surface area contributed by atoms with E-state index < -0.39 is 11.0 Å². The van der Waals surface area contributed by atoms with Gasteiger partial charge in [0.2, 0.25) is 0 Å². The Morgan fingerprint density at radius 2 is 1.10 bits per heavy atom. The van der Waals surface area contributed by atoms with Gasteiger partial charge in [0, 0.05) is 7.11 Å². The van der Waals surface area contributed by atoms with Gasteiger partial charge in [-0.2, -0.15) is 0 Å². The van der Waals surface area contributed by atoms with E-state index in [9.17, 15) is 4.79 Å². The lowest BCUT2D eigenvalue weighted by Gasteiger charge is -2.38. The first-order valence-corrected chi connectivity index (χ1v) is 9.95. The smallest absolute Gasteiger partial charge is 0.316 e. The fourth-order valence-corrected chi connectivity index (χ4v) is 3.76. The van der Waals surface area contributed by atoms with Crippen LogP contribution in [-0.4, -0.2) is 33.4 Å². The number of rotatable bonds is 9. The average molecular weight is 405 g/mol. The molecule has 3 aromatic carbocycles. The Morgan fingerprint density at radius 1 is 0.700 bits per heavy atom. The standard InChI is InChI=1S/C26H28O4/c1-25(19-28-2,24(27)29-3)20-30-26(21-13-7-4-8-14-21,22-15-9-5-10-16-22)23-17-11-6-12-18-23/h4-18H,19-20H2,1-3H3. The summed E-state index contributed by atoms with van der Waals surface area (Å²) in [5.41, 5.74) is 1.09. The zero-order valence-corrected chi connectivity index (χ0v) is 17.7. The molecule has 0 fully saturated rings. The molecule has 0 aliphatic heterocycles. The van der Waals surface area contributed by atoms with Crippen molar-refractivity contribution >= 4 is 5.97 Å². The third-order valence-electron chi connectivity index (χ3n) is 5.29. The number of hydrogen-bond donors (Lipinski definition) is 0. The number of carbonyl (C=O) groups is 1. The van der Waals surface area contributed by atoms with Crippen molar-refractivity contribution in [2.45, 2.75) is 12.5 Å². The molecule has 0 amide bonds. The average Bonchev–Trinajstić information content (AvgIpc) is 2.81. The second-order valence-corrected chi connectivity index (χ2v) is 7.55. The van der Waals surface area contributed by atoms with Gasteiger partial charge in [-0.25, -0.2) is 0 Å². The van der Waals surface area contributed by atoms with Gasteiger partial charge in [0.1, 0.15) is 11.0 Å². The van der Waals surface area contributed by atoms with Gasteiger partial charge in [0.05, 0.1) is 20.3 Å². The summed E-state index contributed by atoms with van der Waals surface area (Å²) in [5, 5.41) is 0. The quantitative estimate of drug-likeness (QED) is 0.379. The van der Waals surface area contributed by atoms with Crippen molar-refractivity contribution in [3.8, 4) is 0 Å². The molecule has 0 heterocycles. The normalized spacial score (nSPS) is 13.4. The van der Waals surface area contributed by atoms with Crippen molar-refractivity contribution in [3.05, 3.63) is 108 Å². The van der Waals surface area contributed by atoms with Gasteiger partial charge < -0.3 is 14.2 Å². The second-order valence-electron chi connectivity index (χ2n) is 7.55. The van der Waals surface area contributed by atoms with Crippen molar-refractivity contribution in [3.63, 3.8) is 0 Å². The summed E-state index contributed by atoms with van der Waals surface area (Å²) >= 11 is 0. The van der Waals surface area contributed by atoms with Gasteiger partial charge >= 0.3 is 5.97 Å². The van der Waals surface area contributed by atoms with E-state index in [-0.39, 0.29) is 19.2 Å². The third-order valence-corrected chi connectivity index (χ3v) is 5.29. The van der Waals surface area contributed by atoms with Gasteiger partial charge in [-0.05, 0) is 23.6 Å². The van der Waals surface area contributed by atoms with E-state index in [2.05, 4.69) is 0 Å². The summed E-state index contributed by atoms with van der Waals surface area (Å²) in [6.45, 7) is 2.11. The van der Waals surface area contributed by atoms with Gasteiger partial charge in [0.15, 0.2) is 0 Å². The molecule has 0 radical (unpaired) electrons. The maximum atomic E-state index is 12.6. The topological polar surface area (TPSA) is 44.8 Å². The Kier molecular flexibility index (Phi) is 7.03. The van der Waals surface area contributed by atoms with E-state index in [1.807, 2.05) is 91.0 Å². The Bertz CT molecular complexity index is 828. The molecule has 0 saturated carbocycles. The highest BCUT2D eigenvalue weighted by Gasteiger charge is 2.43. The molecule has 0 saturated heterocycles. The first-order valence-electron chi connectivity index (χ1n) is 9.95. The molecule has 3 rings (SSSR count). The molecule has 0 aromatic heterocycles. The number of ether oxygens (including phenoxy) is 3. The number of hydrogen-bond acceptors (Lipinski definition) is 4. The molecular formula is C26H28O4. The molecule has 3 aromatic rings. The Morgan fingerprint density at radius 3 is 1.43 bits per heavy atom. The predicted molar refractivity (Wildman–Crippen MR) is 117 cm³/mol. The van der Waals surface area contributed by atoms with Crippen molar-refractivity contribution < 1.29 is 19.0 Å². The molecule has 0 aliphatic carbocycles. The summed E-state index contributed by atoms with van der Waals surface area (Å²) in [6, 6.07) is 30.2. The monoisotopic (exact) mass is 404 g/mol. The molecule has 0 N–H and O–H groups in total. The minimum Gasteiger partial charge on any atom is -0.468 e. The first-order chi connectivity index (χ1) is 14.6. The van der Waals surface area contributed by atoms with E-state index in [0.29, 0.717) is 0 Å². The molecule has 1 atom stereocenters. The molecule has 1 unspecified atom stereocenters. The van der Waals surface area contributed by atoms with Gasteiger partial charge in [-0.3, -0.25) is 4.79 Å². The fraction of sp³-hybridized carbons (Fsp3) is 0.269. The zero-order chi connectivity index (χ0) is 21.5. The van der Waals surface area contributed by atoms with Crippen LogP contribution < -0.4 is 0 Å². The molecule has 0 bridgehead atoms. The largest absolute Gasteiger partial charge is 0.468 e. The van der Waals surface area contributed by atoms with Gasteiger partial charge in [-0.1, -0.05) is 91.0 Å². The summed E-state index contributed by atoms with van der Waals surface area (Å²) in [4.78, 5) is 12.6. The molecular weight excluding hydrogens is 376 g/mol. The van der Waals surface area contributed by atoms with Gasteiger partial charge in [-0.15, -0.1) is 0 Å². The maximum Gasteiger partial charge on any atom is 0.316 e. The van der Waals surface area contributed by atoms with E-state index in [4.69, 9.17) is 14.2 Å². The van der Waals surface area contributed by atoms with Crippen molar-refractivity contribution in [2.75, 3.05) is 27.4 Å². The van der Waals surface area contributed by atoms with Crippen LogP contribution in [0.2, 0.25) is 0 Å². The highest BCUT2D eigenvalue weighted by atomic mass is 16.5. The SMILES string of the molecule is COCC(C)(COC(c1ccccc1)(c1ccccc1)c1ccccc1)C(=O)OC. The van der Waals surface area contributed by atoms with Crippen molar-refractivity contribution in [2.24, 2.45) is 5.41 Å². The lowest BCUT2D eigenvalue weighted by atomic mass is 9.79. The van der Waals surface area contributed by atoms with E-state index >= 15 is 0 Å². The van der Waals surface area contributed by atoms with Crippen LogP contribution >= 0.6 is 0 Å². The highest BCUT2D eigenvalue weighted by Crippen LogP contribution is 2.41. The summed E-state index contributed by atoms with van der Waals surface area (Å²) < 4.78 is 17.1. The zero-order valence-electron chi connectivity index (χ0n) is 17.7. The molecule has 0 spiro atoms. The van der Waals surface area contributed by atoms with Crippen LogP contribution in [0.1, 0.15) is 23.6 Å². The van der Waals surface area contributed by atoms with Crippen molar-refractivity contribution in [1.29, 1.82) is 0 Å². The van der Waals surface area contributed by atoms with Crippen LogP contribution in [0.25, 0.3) is 0 Å². The van der Waals surface area contributed by atoms with Crippen LogP contribution in [0.4, 0.5) is 0 Å². The molecule has 4 nitrogen and oxygen atoms in total. The van der Waals surface area contributed by atoms with Crippen LogP contribution in [0.3, 0.4) is 0 Å². The molecule has 30 heavy (non-hydrogen) atoms. The maximum absolute atomic E-state index is 12.6. The Hall–Kier alpha value is -2.95. The minimum absolute atomic E-state index is 0.117. The van der Waals surface area contributed by atoms with Crippen LogP contribution in [-0.2, 0) is 24.6 Å². The number of methoxy groups -OCH3 is 2. The summed E-state index contributed by atoms with van der Waals surface area (Å²) in [7, 11) is 2.95. The second kappa shape index (κ2) is 9.70. The molecule has 4 heteroatoms. The van der Waals surface area contributed by atoms with Crippen LogP contribution in [0.15, 0.2) is 91.0 Å². The van der Waals surface area contributed by atoms with Crippen LogP contribution in [0.5, 0.6) is 0 Å². The van der Waals surface area contributed by atoms with E-state index in [0.717, 1.165) is 16.7 Å². The Balaban J connectivity index is 2.17. The van der Waals surface area contributed by atoms with Crippen molar-refractivity contribution in [1.82, 2.24) is 0 Å². The molecule has 0 aliphatic rings. The van der Waals surface area contributed by atoms with E-state index in [1.165, 1.54) is 7.11 Å². The predicted octanol–water partition coefficient (Wildman–Crippen LogP) is 4.82. The highest BCUT2D eigenvalue weighted by molar-refractivity contribution is 5.76. The number of benzene rings is 3. The summed E-state index contributed by atoms with van der Waals surface area (Å²) in [6.07, 6.45) is 0. The lowest BCUT2D eigenvalue weighted by Crippen LogP contribution is -2.43. The number of carbonyl (C=O) groups excluding carboxylic acids is 1. The van der Waals surface area contributed by atoms with Gasteiger partial charge in [0.25, 0.3) is 0 Å². The number of esters is 1. The first kappa shape index (κ1) is 21.8. The summed E-state index contributed by atoms with van der Waals surface area (Å²) in [5.74, 6) is -0.368.